The lowest BCUT2D eigenvalue weighted by atomic mass is 10.1. The van der Waals surface area contributed by atoms with E-state index in [9.17, 15) is 0 Å². The van der Waals surface area contributed by atoms with Crippen LogP contribution in [0.15, 0.2) is 52.1 Å². The number of rotatable bonds is 8. The van der Waals surface area contributed by atoms with Crippen molar-refractivity contribution in [2.75, 3.05) is 50.7 Å². The Hall–Kier alpha value is -2.40. The topological polar surface area (TPSA) is 81.8 Å². The highest BCUT2D eigenvalue weighted by Crippen LogP contribution is 2.25. The van der Waals surface area contributed by atoms with Gasteiger partial charge in [-0.05, 0) is 38.9 Å². The fraction of sp³-hybridized carbons (Fsp3) is 0.458. The number of halogens is 1. The Morgan fingerprint density at radius 1 is 1.06 bits per heavy atom. The minimum atomic E-state index is 0. The van der Waals surface area contributed by atoms with Gasteiger partial charge in [0.15, 0.2) is 5.96 Å². The normalized spacial score (nSPS) is 14.8. The minimum Gasteiger partial charge on any atom is -0.459 e. The number of hydrogen-bond donors (Lipinski definition) is 2. The number of nitrogens with zero attached hydrogens (tertiary/aromatic N) is 5. The summed E-state index contributed by atoms with van der Waals surface area (Å²) in [4.78, 5) is 18.2. The fourth-order valence-electron chi connectivity index (χ4n) is 4.00. The first-order valence-corrected chi connectivity index (χ1v) is 11.5. The Morgan fingerprint density at radius 3 is 2.55 bits per heavy atom. The summed E-state index contributed by atoms with van der Waals surface area (Å²) in [6.45, 7) is 11.5. The van der Waals surface area contributed by atoms with Gasteiger partial charge >= 0.3 is 0 Å². The molecule has 0 bridgehead atoms. The largest absolute Gasteiger partial charge is 0.459 e. The maximum absolute atomic E-state index is 5.99. The Bertz CT molecular complexity index is 1020. The number of para-hydroxylation sites is 1. The number of fused-ring (bicyclic) bond motifs is 1. The third kappa shape index (κ3) is 6.80. The molecule has 0 aliphatic carbocycles. The lowest BCUT2D eigenvalue weighted by Crippen LogP contribution is -2.47. The third-order valence-corrected chi connectivity index (χ3v) is 5.82. The first-order valence-electron chi connectivity index (χ1n) is 11.5. The molecule has 4 rings (SSSR count). The highest BCUT2D eigenvalue weighted by molar-refractivity contribution is 14.0. The number of nitrogens with one attached hydrogen (secondary N) is 2. The molecule has 1 aliphatic rings. The summed E-state index contributed by atoms with van der Waals surface area (Å²) in [6, 6.07) is 10.00. The van der Waals surface area contributed by atoms with Gasteiger partial charge in [-0.1, -0.05) is 18.2 Å². The minimum absolute atomic E-state index is 0. The second-order valence-electron chi connectivity index (χ2n) is 8.00. The number of hydrogen-bond acceptors (Lipinski definition) is 6. The van der Waals surface area contributed by atoms with Crippen LogP contribution in [0.5, 0.6) is 0 Å². The van der Waals surface area contributed by atoms with Crippen LogP contribution in [-0.2, 0) is 6.54 Å². The molecule has 9 heteroatoms. The first kappa shape index (κ1) is 25.2. The van der Waals surface area contributed by atoms with E-state index in [1.54, 1.807) is 12.4 Å². The lowest BCUT2D eigenvalue weighted by molar-refractivity contribution is 0.254. The van der Waals surface area contributed by atoms with E-state index in [4.69, 9.17) is 9.41 Å². The number of benzene rings is 1. The monoisotopic (exact) mass is 563 g/mol. The highest BCUT2D eigenvalue weighted by atomic mass is 127. The van der Waals surface area contributed by atoms with Crippen LogP contribution in [0, 0.1) is 6.92 Å². The lowest BCUT2D eigenvalue weighted by Gasteiger charge is -2.34. The van der Waals surface area contributed by atoms with Gasteiger partial charge in [0.25, 0.3) is 0 Å². The van der Waals surface area contributed by atoms with Crippen LogP contribution in [0.2, 0.25) is 0 Å². The van der Waals surface area contributed by atoms with Gasteiger partial charge < -0.3 is 20.0 Å². The number of furan rings is 1. The molecule has 2 N–H and O–H groups in total. The molecule has 8 nitrogen and oxygen atoms in total. The van der Waals surface area contributed by atoms with Crippen molar-refractivity contribution in [2.45, 2.75) is 26.8 Å². The maximum atomic E-state index is 5.99. The van der Waals surface area contributed by atoms with Crippen molar-refractivity contribution < 1.29 is 4.42 Å². The first-order chi connectivity index (χ1) is 15.7. The van der Waals surface area contributed by atoms with Crippen LogP contribution in [0.3, 0.4) is 0 Å². The van der Waals surface area contributed by atoms with E-state index < -0.39 is 0 Å². The van der Waals surface area contributed by atoms with Gasteiger partial charge in [-0.2, -0.15) is 0 Å². The average molecular weight is 563 g/mol. The molecule has 1 aliphatic heterocycles. The Kier molecular flexibility index (Phi) is 9.74. The molecule has 0 saturated carbocycles. The zero-order valence-corrected chi connectivity index (χ0v) is 21.8. The predicted octanol–water partition coefficient (Wildman–Crippen LogP) is 3.42. The smallest absolute Gasteiger partial charge is 0.225 e. The van der Waals surface area contributed by atoms with Gasteiger partial charge in [-0.25, -0.2) is 15.0 Å². The standard InChI is InChI=1S/C24H33N7O.HI/c1-3-25-23(29-18-22-19(2)20-8-4-5-9-21(20)32-22)26-12-7-13-30-14-16-31(17-15-30)24-27-10-6-11-28-24;/h4-6,8-11H,3,7,12-18H2,1-2H3,(H2,25,26,29);1H. The Balaban J connectivity index is 0.00000306. The molecule has 3 aromatic rings. The van der Waals surface area contributed by atoms with Crippen LogP contribution < -0.4 is 15.5 Å². The molecule has 1 aromatic carbocycles. The van der Waals surface area contributed by atoms with Gasteiger partial charge in [-0.3, -0.25) is 4.90 Å². The second kappa shape index (κ2) is 12.7. The molecule has 178 valence electrons. The van der Waals surface area contributed by atoms with Crippen molar-refractivity contribution in [1.82, 2.24) is 25.5 Å². The second-order valence-corrected chi connectivity index (χ2v) is 8.00. The van der Waals surface area contributed by atoms with Crippen molar-refractivity contribution in [1.29, 1.82) is 0 Å². The molecule has 1 saturated heterocycles. The quantitative estimate of drug-likeness (QED) is 0.188. The molecule has 0 atom stereocenters. The van der Waals surface area contributed by atoms with Gasteiger partial charge in [0.05, 0.1) is 0 Å². The molecule has 0 unspecified atom stereocenters. The van der Waals surface area contributed by atoms with Crippen LogP contribution in [0.25, 0.3) is 11.0 Å². The zero-order chi connectivity index (χ0) is 22.2. The van der Waals surface area contributed by atoms with Crippen molar-refractivity contribution >= 4 is 46.9 Å². The molecular weight excluding hydrogens is 529 g/mol. The van der Waals surface area contributed by atoms with Crippen molar-refractivity contribution in [3.05, 3.63) is 54.0 Å². The number of anilines is 1. The summed E-state index contributed by atoms with van der Waals surface area (Å²) in [6.07, 6.45) is 4.68. The molecule has 0 spiro atoms. The summed E-state index contributed by atoms with van der Waals surface area (Å²) in [5.41, 5.74) is 2.09. The molecule has 33 heavy (non-hydrogen) atoms. The van der Waals surface area contributed by atoms with E-state index in [0.717, 1.165) is 80.9 Å². The van der Waals surface area contributed by atoms with Crippen molar-refractivity contribution in [2.24, 2.45) is 4.99 Å². The van der Waals surface area contributed by atoms with Gasteiger partial charge in [0.2, 0.25) is 5.95 Å². The Morgan fingerprint density at radius 2 is 1.82 bits per heavy atom. The number of aliphatic imine (C=N–C) groups is 1. The number of piperazine rings is 1. The number of guanidine groups is 1. The van der Waals surface area contributed by atoms with Crippen molar-refractivity contribution in [3.8, 4) is 0 Å². The van der Waals surface area contributed by atoms with Crippen LogP contribution in [0.1, 0.15) is 24.7 Å². The summed E-state index contributed by atoms with van der Waals surface area (Å²) in [7, 11) is 0. The summed E-state index contributed by atoms with van der Waals surface area (Å²) >= 11 is 0. The summed E-state index contributed by atoms with van der Waals surface area (Å²) in [5, 5.41) is 7.95. The fourth-order valence-corrected chi connectivity index (χ4v) is 4.00. The summed E-state index contributed by atoms with van der Waals surface area (Å²) in [5.74, 6) is 2.59. The zero-order valence-electron chi connectivity index (χ0n) is 19.5. The maximum Gasteiger partial charge on any atom is 0.225 e. The SMILES string of the molecule is CCNC(=NCc1oc2ccccc2c1C)NCCCN1CCN(c2ncccn2)CC1.I. The van der Waals surface area contributed by atoms with E-state index in [-0.39, 0.29) is 24.0 Å². The van der Waals surface area contributed by atoms with E-state index in [1.807, 2.05) is 24.3 Å². The van der Waals surface area contributed by atoms with Gasteiger partial charge in [0.1, 0.15) is 17.9 Å². The number of aryl methyl sites for hydroxylation is 1. The molecule has 0 amide bonds. The van der Waals surface area contributed by atoms with Crippen molar-refractivity contribution in [3.63, 3.8) is 0 Å². The van der Waals surface area contributed by atoms with Crippen LogP contribution >= 0.6 is 24.0 Å². The molecular formula is C24H34IN7O. The van der Waals surface area contributed by atoms with E-state index >= 15 is 0 Å². The molecule has 0 radical (unpaired) electrons. The number of aromatic nitrogens is 2. The predicted molar refractivity (Wildman–Crippen MR) is 144 cm³/mol. The van der Waals surface area contributed by atoms with Gasteiger partial charge in [0, 0.05) is 62.6 Å². The van der Waals surface area contributed by atoms with Gasteiger partial charge in [-0.15, -0.1) is 24.0 Å². The Labute approximate surface area is 212 Å². The van der Waals surface area contributed by atoms with Crippen LogP contribution in [0.4, 0.5) is 5.95 Å². The molecule has 3 heterocycles. The van der Waals surface area contributed by atoms with E-state index in [2.05, 4.69) is 50.3 Å². The molecule has 2 aromatic heterocycles. The van der Waals surface area contributed by atoms with E-state index in [0.29, 0.717) is 6.54 Å². The average Bonchev–Trinajstić information content (AvgIpc) is 3.16. The third-order valence-electron chi connectivity index (χ3n) is 5.82. The summed E-state index contributed by atoms with van der Waals surface area (Å²) < 4.78 is 5.99. The molecule has 1 fully saturated rings. The highest BCUT2D eigenvalue weighted by Gasteiger charge is 2.18. The van der Waals surface area contributed by atoms with Crippen LogP contribution in [-0.4, -0.2) is 66.6 Å². The van der Waals surface area contributed by atoms with E-state index in [1.165, 1.54) is 5.56 Å².